The number of H-pyrrole nitrogens is 1. The lowest BCUT2D eigenvalue weighted by molar-refractivity contribution is 0.0945. The number of rotatable bonds is 4. The van der Waals surface area contributed by atoms with Crippen molar-refractivity contribution in [2.75, 3.05) is 6.54 Å². The fraction of sp³-hybridized carbons (Fsp3) is 0.471. The van der Waals surface area contributed by atoms with Crippen LogP contribution in [0.15, 0.2) is 28.7 Å². The van der Waals surface area contributed by atoms with Gasteiger partial charge in [-0.15, -0.1) is 0 Å². The summed E-state index contributed by atoms with van der Waals surface area (Å²) < 4.78 is 0.855. The quantitative estimate of drug-likeness (QED) is 0.830. The van der Waals surface area contributed by atoms with E-state index in [9.17, 15) is 4.79 Å². The minimum atomic E-state index is -0.0196. The Morgan fingerprint density at radius 2 is 2.00 bits per heavy atom. The van der Waals surface area contributed by atoms with Crippen LogP contribution in [0, 0.1) is 5.92 Å². The molecule has 0 spiro atoms. The van der Waals surface area contributed by atoms with Gasteiger partial charge in [0, 0.05) is 17.4 Å². The Hall–Kier alpha value is -1.29. The Balaban J connectivity index is 1.60. The number of aromatic nitrogens is 1. The maximum Gasteiger partial charge on any atom is 0.268 e. The molecule has 1 aromatic carbocycles. The normalized spacial score (nSPS) is 16.2. The maximum absolute atomic E-state index is 12.3. The van der Waals surface area contributed by atoms with Crippen molar-refractivity contribution >= 4 is 32.7 Å². The molecule has 1 aliphatic carbocycles. The molecule has 4 heteroatoms. The topological polar surface area (TPSA) is 44.9 Å². The molecule has 1 fully saturated rings. The number of amides is 1. The van der Waals surface area contributed by atoms with Gasteiger partial charge < -0.3 is 10.3 Å². The Morgan fingerprint density at radius 1 is 1.24 bits per heavy atom. The van der Waals surface area contributed by atoms with E-state index in [2.05, 4.69) is 26.2 Å². The minimum absolute atomic E-state index is 0.0196. The van der Waals surface area contributed by atoms with E-state index in [-0.39, 0.29) is 5.91 Å². The van der Waals surface area contributed by atoms with Gasteiger partial charge >= 0.3 is 0 Å². The molecule has 1 saturated carbocycles. The first-order valence-corrected chi connectivity index (χ1v) is 8.59. The number of para-hydroxylation sites is 1. The molecule has 112 valence electrons. The van der Waals surface area contributed by atoms with E-state index in [1.54, 1.807) is 0 Å². The van der Waals surface area contributed by atoms with E-state index < -0.39 is 0 Å². The molecule has 1 amide bonds. The predicted octanol–water partition coefficient (Wildman–Crippen LogP) is 4.63. The highest BCUT2D eigenvalue weighted by Gasteiger charge is 2.17. The molecule has 0 unspecified atom stereocenters. The van der Waals surface area contributed by atoms with E-state index in [0.29, 0.717) is 5.69 Å². The Labute approximate surface area is 133 Å². The number of nitrogens with one attached hydrogen (secondary N) is 2. The van der Waals surface area contributed by atoms with Crippen molar-refractivity contribution in [3.05, 3.63) is 34.4 Å². The van der Waals surface area contributed by atoms with E-state index >= 15 is 0 Å². The predicted molar refractivity (Wildman–Crippen MR) is 89.5 cm³/mol. The first-order valence-electron chi connectivity index (χ1n) is 7.80. The summed E-state index contributed by atoms with van der Waals surface area (Å²) in [4.78, 5) is 15.5. The summed E-state index contributed by atoms with van der Waals surface area (Å²) in [5.74, 6) is 0.777. The van der Waals surface area contributed by atoms with Crippen LogP contribution in [0.5, 0.6) is 0 Å². The van der Waals surface area contributed by atoms with E-state index in [1.807, 2.05) is 24.3 Å². The standard InChI is InChI=1S/C17H21BrN2O/c18-15-13-8-4-5-9-14(13)20-16(15)17(21)19-11-10-12-6-2-1-3-7-12/h4-5,8-9,12,20H,1-3,6-7,10-11H2,(H,19,21). The molecule has 2 N–H and O–H groups in total. The van der Waals surface area contributed by atoms with Gasteiger partial charge in [-0.05, 0) is 34.3 Å². The molecule has 3 nitrogen and oxygen atoms in total. The summed E-state index contributed by atoms with van der Waals surface area (Å²) in [5.41, 5.74) is 1.61. The summed E-state index contributed by atoms with van der Waals surface area (Å²) in [5, 5.41) is 4.10. The fourth-order valence-corrected chi connectivity index (χ4v) is 3.84. The number of hydrogen-bond donors (Lipinski definition) is 2. The first kappa shape index (κ1) is 14.6. The SMILES string of the molecule is O=C(NCCC1CCCCC1)c1[nH]c2ccccc2c1Br. The molecule has 0 bridgehead atoms. The molecule has 3 rings (SSSR count). The molecular weight excluding hydrogens is 328 g/mol. The van der Waals surface area contributed by atoms with E-state index in [0.717, 1.165) is 34.3 Å². The van der Waals surface area contributed by atoms with Crippen molar-refractivity contribution in [1.29, 1.82) is 0 Å². The van der Waals surface area contributed by atoms with Gasteiger partial charge in [0.15, 0.2) is 0 Å². The van der Waals surface area contributed by atoms with Gasteiger partial charge in [0.25, 0.3) is 5.91 Å². The highest BCUT2D eigenvalue weighted by Crippen LogP contribution is 2.28. The summed E-state index contributed by atoms with van der Waals surface area (Å²) >= 11 is 3.53. The lowest BCUT2D eigenvalue weighted by atomic mass is 9.87. The highest BCUT2D eigenvalue weighted by atomic mass is 79.9. The maximum atomic E-state index is 12.3. The summed E-state index contributed by atoms with van der Waals surface area (Å²) in [7, 11) is 0. The van der Waals surface area contributed by atoms with Gasteiger partial charge in [0.05, 0.1) is 4.47 Å². The van der Waals surface area contributed by atoms with Crippen LogP contribution in [0.25, 0.3) is 10.9 Å². The van der Waals surface area contributed by atoms with Gasteiger partial charge in [-0.25, -0.2) is 0 Å². The van der Waals surface area contributed by atoms with Crippen LogP contribution >= 0.6 is 15.9 Å². The van der Waals surface area contributed by atoms with Crippen LogP contribution in [-0.2, 0) is 0 Å². The van der Waals surface area contributed by atoms with Crippen LogP contribution in [-0.4, -0.2) is 17.4 Å². The number of benzene rings is 1. The zero-order valence-electron chi connectivity index (χ0n) is 12.1. The van der Waals surface area contributed by atoms with Crippen molar-refractivity contribution in [2.24, 2.45) is 5.92 Å². The average molecular weight is 349 g/mol. The number of aromatic amines is 1. The number of hydrogen-bond acceptors (Lipinski definition) is 1. The molecule has 0 aliphatic heterocycles. The number of fused-ring (bicyclic) bond motifs is 1. The van der Waals surface area contributed by atoms with Crippen molar-refractivity contribution in [3.63, 3.8) is 0 Å². The molecule has 1 aliphatic rings. The van der Waals surface area contributed by atoms with Crippen LogP contribution in [0.4, 0.5) is 0 Å². The van der Waals surface area contributed by atoms with Crippen molar-refractivity contribution in [2.45, 2.75) is 38.5 Å². The third kappa shape index (κ3) is 3.31. The van der Waals surface area contributed by atoms with Crippen molar-refractivity contribution in [3.8, 4) is 0 Å². The zero-order valence-corrected chi connectivity index (χ0v) is 13.7. The number of halogens is 1. The largest absolute Gasteiger partial charge is 0.351 e. The lowest BCUT2D eigenvalue weighted by Gasteiger charge is -2.21. The molecule has 2 aromatic rings. The van der Waals surface area contributed by atoms with E-state index in [1.165, 1.54) is 32.1 Å². The highest BCUT2D eigenvalue weighted by molar-refractivity contribution is 9.10. The summed E-state index contributed by atoms with van der Waals surface area (Å²) in [6.45, 7) is 0.769. The minimum Gasteiger partial charge on any atom is -0.351 e. The van der Waals surface area contributed by atoms with Gasteiger partial charge in [-0.3, -0.25) is 4.79 Å². The molecule has 0 radical (unpaired) electrons. The van der Waals surface area contributed by atoms with Crippen molar-refractivity contribution < 1.29 is 4.79 Å². The molecule has 0 atom stereocenters. The van der Waals surface area contributed by atoms with Gasteiger partial charge in [0.1, 0.15) is 5.69 Å². The molecule has 1 heterocycles. The zero-order chi connectivity index (χ0) is 14.7. The second-order valence-electron chi connectivity index (χ2n) is 5.91. The smallest absolute Gasteiger partial charge is 0.268 e. The Morgan fingerprint density at radius 3 is 2.76 bits per heavy atom. The van der Waals surface area contributed by atoms with Gasteiger partial charge in [0.2, 0.25) is 0 Å². The lowest BCUT2D eigenvalue weighted by Crippen LogP contribution is -2.27. The third-order valence-electron chi connectivity index (χ3n) is 4.43. The van der Waals surface area contributed by atoms with Crippen LogP contribution in [0.3, 0.4) is 0 Å². The third-order valence-corrected chi connectivity index (χ3v) is 5.26. The average Bonchev–Trinajstić information content (AvgIpc) is 2.86. The van der Waals surface area contributed by atoms with Crippen LogP contribution in [0.2, 0.25) is 0 Å². The van der Waals surface area contributed by atoms with Gasteiger partial charge in [-0.1, -0.05) is 50.3 Å². The van der Waals surface area contributed by atoms with Crippen LogP contribution < -0.4 is 5.32 Å². The van der Waals surface area contributed by atoms with Gasteiger partial charge in [-0.2, -0.15) is 0 Å². The first-order chi connectivity index (χ1) is 10.3. The van der Waals surface area contributed by atoms with E-state index in [4.69, 9.17) is 0 Å². The Kier molecular flexibility index (Phi) is 4.63. The monoisotopic (exact) mass is 348 g/mol. The molecule has 21 heavy (non-hydrogen) atoms. The van der Waals surface area contributed by atoms with Crippen molar-refractivity contribution in [1.82, 2.24) is 10.3 Å². The van der Waals surface area contributed by atoms with Crippen LogP contribution in [0.1, 0.15) is 49.0 Å². The molecule has 1 aromatic heterocycles. The Bertz CT molecular complexity index is 629. The molecular formula is C17H21BrN2O. The second-order valence-corrected chi connectivity index (χ2v) is 6.70. The fourth-order valence-electron chi connectivity index (χ4n) is 3.22. The second kappa shape index (κ2) is 6.65. The summed E-state index contributed by atoms with van der Waals surface area (Å²) in [6.07, 6.45) is 7.84. The molecule has 0 saturated heterocycles. The summed E-state index contributed by atoms with van der Waals surface area (Å²) in [6, 6.07) is 7.94. The number of carbonyl (C=O) groups excluding carboxylic acids is 1. The number of carbonyl (C=O) groups is 1.